The fourth-order valence-electron chi connectivity index (χ4n) is 3.52. The van der Waals surface area contributed by atoms with Crippen LogP contribution in [0.4, 0.5) is 0 Å². The smallest absolute Gasteiger partial charge is 0.0667 e. The van der Waals surface area contributed by atoms with E-state index in [0.29, 0.717) is 0 Å². The first-order valence-electron chi connectivity index (χ1n) is 6.87. The first-order chi connectivity index (χ1) is 7.44. The summed E-state index contributed by atoms with van der Waals surface area (Å²) in [6.07, 6.45) is 6.58. The summed E-state index contributed by atoms with van der Waals surface area (Å²) >= 11 is 0. The standard InChI is InChI=1S/C14H27NO/c1-14(2,3)15-9-13(16)8-12-7-10-4-5-11(12)6-10/h10-13,15-16H,4-9H2,1-3H3. The lowest BCUT2D eigenvalue weighted by molar-refractivity contribution is 0.116. The molecule has 0 radical (unpaired) electrons. The van der Waals surface area contributed by atoms with Gasteiger partial charge in [0, 0.05) is 12.1 Å². The monoisotopic (exact) mass is 225 g/mol. The minimum absolute atomic E-state index is 0.121. The van der Waals surface area contributed by atoms with E-state index in [-0.39, 0.29) is 11.6 Å². The molecule has 0 heterocycles. The van der Waals surface area contributed by atoms with Crippen LogP contribution in [-0.4, -0.2) is 23.3 Å². The molecule has 2 N–H and O–H groups in total. The van der Waals surface area contributed by atoms with E-state index in [1.165, 1.54) is 25.7 Å². The highest BCUT2D eigenvalue weighted by molar-refractivity contribution is 4.91. The van der Waals surface area contributed by atoms with Gasteiger partial charge in [-0.25, -0.2) is 0 Å². The van der Waals surface area contributed by atoms with Gasteiger partial charge >= 0.3 is 0 Å². The number of hydrogen-bond donors (Lipinski definition) is 2. The Morgan fingerprint density at radius 1 is 1.25 bits per heavy atom. The van der Waals surface area contributed by atoms with Crippen molar-refractivity contribution in [1.82, 2.24) is 5.32 Å². The maximum atomic E-state index is 10.0. The van der Waals surface area contributed by atoms with Crippen LogP contribution in [0.25, 0.3) is 0 Å². The zero-order valence-corrected chi connectivity index (χ0v) is 11.0. The van der Waals surface area contributed by atoms with Gasteiger partial charge in [-0.2, -0.15) is 0 Å². The van der Waals surface area contributed by atoms with E-state index in [1.54, 1.807) is 0 Å². The third-order valence-corrected chi connectivity index (χ3v) is 4.33. The highest BCUT2D eigenvalue weighted by Crippen LogP contribution is 2.49. The molecule has 94 valence electrons. The van der Waals surface area contributed by atoms with Crippen molar-refractivity contribution in [2.24, 2.45) is 17.8 Å². The van der Waals surface area contributed by atoms with Crippen molar-refractivity contribution >= 4 is 0 Å². The summed E-state index contributed by atoms with van der Waals surface area (Å²) in [6, 6.07) is 0. The maximum absolute atomic E-state index is 10.0. The number of aliphatic hydroxyl groups excluding tert-OH is 1. The molecule has 2 bridgehead atoms. The summed E-state index contributed by atoms with van der Waals surface area (Å²) in [7, 11) is 0. The van der Waals surface area contributed by atoms with E-state index < -0.39 is 0 Å². The SMILES string of the molecule is CC(C)(C)NCC(O)CC1CC2CCC1C2. The number of β-amino-alcohol motifs (C(OH)–C–C–N with tert-alkyl or cyclic N) is 1. The van der Waals surface area contributed by atoms with Crippen LogP contribution >= 0.6 is 0 Å². The van der Waals surface area contributed by atoms with Crippen molar-refractivity contribution in [3.05, 3.63) is 0 Å². The van der Waals surface area contributed by atoms with E-state index in [1.807, 2.05) is 0 Å². The van der Waals surface area contributed by atoms with Crippen LogP contribution < -0.4 is 5.32 Å². The molecule has 2 rings (SSSR count). The van der Waals surface area contributed by atoms with Crippen LogP contribution in [0.5, 0.6) is 0 Å². The molecule has 0 saturated heterocycles. The third kappa shape index (κ3) is 3.21. The van der Waals surface area contributed by atoms with Gasteiger partial charge in [0.25, 0.3) is 0 Å². The summed E-state index contributed by atoms with van der Waals surface area (Å²) in [5.74, 6) is 2.75. The molecular formula is C14H27NO. The van der Waals surface area contributed by atoms with E-state index in [9.17, 15) is 5.11 Å². The van der Waals surface area contributed by atoms with Crippen molar-refractivity contribution < 1.29 is 5.11 Å². The van der Waals surface area contributed by atoms with E-state index in [4.69, 9.17) is 0 Å². The summed E-state index contributed by atoms with van der Waals surface area (Å²) < 4.78 is 0. The number of nitrogens with one attached hydrogen (secondary N) is 1. The molecule has 0 aromatic carbocycles. The zero-order valence-electron chi connectivity index (χ0n) is 11.0. The minimum atomic E-state index is -0.149. The van der Waals surface area contributed by atoms with E-state index in [2.05, 4.69) is 26.1 Å². The van der Waals surface area contributed by atoms with E-state index >= 15 is 0 Å². The number of fused-ring (bicyclic) bond motifs is 2. The molecule has 0 aromatic rings. The first-order valence-corrected chi connectivity index (χ1v) is 6.87. The van der Waals surface area contributed by atoms with Crippen LogP contribution in [0.1, 0.15) is 52.9 Å². The van der Waals surface area contributed by atoms with Gasteiger partial charge in [-0.15, -0.1) is 0 Å². The molecule has 2 aliphatic rings. The lowest BCUT2D eigenvalue weighted by Crippen LogP contribution is -2.41. The highest BCUT2D eigenvalue weighted by atomic mass is 16.3. The molecule has 0 aliphatic heterocycles. The maximum Gasteiger partial charge on any atom is 0.0667 e. The van der Waals surface area contributed by atoms with Gasteiger partial charge in [-0.1, -0.05) is 6.42 Å². The second-order valence-electron chi connectivity index (χ2n) is 6.96. The Balaban J connectivity index is 1.69. The fourth-order valence-corrected chi connectivity index (χ4v) is 3.52. The van der Waals surface area contributed by atoms with Crippen molar-refractivity contribution in [3.8, 4) is 0 Å². The minimum Gasteiger partial charge on any atom is -0.392 e. The topological polar surface area (TPSA) is 32.3 Å². The second-order valence-corrected chi connectivity index (χ2v) is 6.96. The van der Waals surface area contributed by atoms with Crippen LogP contribution in [0.15, 0.2) is 0 Å². The molecular weight excluding hydrogens is 198 g/mol. The number of aliphatic hydroxyl groups is 1. The Labute approximate surface area is 99.8 Å². The van der Waals surface area contributed by atoms with Gasteiger partial charge in [-0.3, -0.25) is 0 Å². The third-order valence-electron chi connectivity index (χ3n) is 4.33. The van der Waals surface area contributed by atoms with Crippen molar-refractivity contribution in [2.45, 2.75) is 64.5 Å². The normalized spacial score (nSPS) is 35.6. The Morgan fingerprint density at radius 3 is 2.50 bits per heavy atom. The van der Waals surface area contributed by atoms with Crippen LogP contribution in [0, 0.1) is 17.8 Å². The average Bonchev–Trinajstić information content (AvgIpc) is 2.75. The summed E-state index contributed by atoms with van der Waals surface area (Å²) in [5.41, 5.74) is 0.121. The second kappa shape index (κ2) is 4.66. The summed E-state index contributed by atoms with van der Waals surface area (Å²) in [6.45, 7) is 7.20. The first kappa shape index (κ1) is 12.4. The molecule has 2 heteroatoms. The van der Waals surface area contributed by atoms with Crippen LogP contribution in [0.2, 0.25) is 0 Å². The Hall–Kier alpha value is -0.0800. The highest BCUT2D eigenvalue weighted by Gasteiger charge is 2.39. The Kier molecular flexibility index (Phi) is 3.60. The molecule has 0 aromatic heterocycles. The quantitative estimate of drug-likeness (QED) is 0.770. The fraction of sp³-hybridized carbons (Fsp3) is 1.00. The van der Waals surface area contributed by atoms with Crippen LogP contribution in [0.3, 0.4) is 0 Å². The largest absolute Gasteiger partial charge is 0.392 e. The molecule has 2 fully saturated rings. The summed E-state index contributed by atoms with van der Waals surface area (Å²) in [5, 5.41) is 13.4. The zero-order chi connectivity index (χ0) is 11.8. The predicted molar refractivity (Wildman–Crippen MR) is 67.3 cm³/mol. The van der Waals surface area contributed by atoms with Crippen LogP contribution in [-0.2, 0) is 0 Å². The van der Waals surface area contributed by atoms with Crippen molar-refractivity contribution in [1.29, 1.82) is 0 Å². The van der Waals surface area contributed by atoms with E-state index in [0.717, 1.165) is 30.7 Å². The van der Waals surface area contributed by atoms with Gasteiger partial charge in [0.2, 0.25) is 0 Å². The predicted octanol–water partition coefficient (Wildman–Crippen LogP) is 2.56. The van der Waals surface area contributed by atoms with Gasteiger partial charge < -0.3 is 10.4 Å². The molecule has 16 heavy (non-hydrogen) atoms. The van der Waals surface area contributed by atoms with Gasteiger partial charge in [0.1, 0.15) is 0 Å². The lowest BCUT2D eigenvalue weighted by atomic mass is 9.85. The molecule has 4 atom stereocenters. The number of rotatable bonds is 4. The average molecular weight is 225 g/mol. The van der Waals surface area contributed by atoms with Gasteiger partial charge in [0.15, 0.2) is 0 Å². The van der Waals surface area contributed by atoms with Gasteiger partial charge in [-0.05, 0) is 64.2 Å². The molecule has 0 spiro atoms. The molecule has 4 unspecified atom stereocenters. The van der Waals surface area contributed by atoms with Gasteiger partial charge in [0.05, 0.1) is 6.10 Å². The lowest BCUT2D eigenvalue weighted by Gasteiger charge is -2.27. The molecule has 2 aliphatic carbocycles. The molecule has 2 nitrogen and oxygen atoms in total. The van der Waals surface area contributed by atoms with Crippen molar-refractivity contribution in [2.75, 3.05) is 6.54 Å². The molecule has 0 amide bonds. The Bertz CT molecular complexity index is 233. The van der Waals surface area contributed by atoms with Crippen molar-refractivity contribution in [3.63, 3.8) is 0 Å². The number of hydrogen-bond acceptors (Lipinski definition) is 2. The Morgan fingerprint density at radius 2 is 2.00 bits per heavy atom. The summed E-state index contributed by atoms with van der Waals surface area (Å²) in [4.78, 5) is 0. The molecule has 2 saturated carbocycles.